The van der Waals surface area contributed by atoms with Gasteiger partial charge >= 0.3 is 0 Å². The Morgan fingerprint density at radius 1 is 1.10 bits per heavy atom. The monoisotopic (exact) mass is 435 g/mol. The van der Waals surface area contributed by atoms with Crippen LogP contribution in [0.25, 0.3) is 0 Å². The summed E-state index contributed by atoms with van der Waals surface area (Å²) in [7, 11) is -3.23. The molecule has 0 radical (unpaired) electrons. The van der Waals surface area contributed by atoms with Gasteiger partial charge in [0.05, 0.1) is 17.2 Å². The van der Waals surface area contributed by atoms with Crippen molar-refractivity contribution in [3.8, 4) is 5.75 Å². The largest absolute Gasteiger partial charge is 0.494 e. The van der Waals surface area contributed by atoms with Gasteiger partial charge in [-0.2, -0.15) is 0 Å². The summed E-state index contributed by atoms with van der Waals surface area (Å²) in [6.07, 6.45) is 2.04. The van der Waals surface area contributed by atoms with E-state index in [0.29, 0.717) is 57.1 Å². The van der Waals surface area contributed by atoms with Crippen LogP contribution in [0.1, 0.15) is 29.1 Å². The second kappa shape index (κ2) is 9.29. The first-order valence-corrected chi connectivity index (χ1v) is 11.6. The number of amides is 2. The zero-order chi connectivity index (χ0) is 21.7. The van der Waals surface area contributed by atoms with Crippen molar-refractivity contribution in [3.63, 3.8) is 0 Å². The second-order valence-corrected chi connectivity index (χ2v) is 9.22. The fourth-order valence-corrected chi connectivity index (χ4v) is 3.76. The number of hydrogen-bond donors (Lipinski definition) is 0. The number of ether oxygens (including phenoxy) is 1. The van der Waals surface area contributed by atoms with E-state index in [9.17, 15) is 18.0 Å². The number of carbonyl (C=O) groups excluding carboxylic acids is 2. The molecule has 2 amide bonds. The fourth-order valence-electron chi connectivity index (χ4n) is 3.13. The number of aryl methyl sites for hydroxylation is 1. The number of sulfone groups is 1. The lowest BCUT2D eigenvalue weighted by atomic mass is 10.2. The van der Waals surface area contributed by atoms with Gasteiger partial charge in [-0.3, -0.25) is 9.59 Å². The van der Waals surface area contributed by atoms with Crippen molar-refractivity contribution in [3.05, 3.63) is 41.8 Å². The minimum absolute atomic E-state index is 0.0219. The molecule has 1 fully saturated rings. The molecule has 1 aromatic carbocycles. The Kier molecular flexibility index (Phi) is 6.76. The Hall–Kier alpha value is -2.88. The Morgan fingerprint density at radius 3 is 2.30 bits per heavy atom. The van der Waals surface area contributed by atoms with Gasteiger partial charge in [0.1, 0.15) is 5.75 Å². The minimum Gasteiger partial charge on any atom is -0.494 e. The molecule has 0 bridgehead atoms. The molecule has 9 nitrogen and oxygen atoms in total. The quantitative estimate of drug-likeness (QED) is 0.607. The molecule has 162 valence electrons. The van der Waals surface area contributed by atoms with Gasteiger partial charge in [-0.1, -0.05) is 5.16 Å². The number of hydrogen-bond acceptors (Lipinski definition) is 7. The number of rotatable bonds is 7. The highest BCUT2D eigenvalue weighted by Crippen LogP contribution is 2.16. The maximum Gasteiger partial charge on any atom is 0.292 e. The summed E-state index contributed by atoms with van der Waals surface area (Å²) < 4.78 is 33.5. The topological polar surface area (TPSA) is 110 Å². The van der Waals surface area contributed by atoms with Gasteiger partial charge in [0.2, 0.25) is 11.7 Å². The standard InChI is InChI=1S/C20H25N3O6S/c1-15-14-18(29-21-15)20(25)23-11-9-22(10-12-23)19(24)4-3-13-28-16-5-7-17(8-6-16)30(2,26)27/h5-8,14H,3-4,9-13H2,1-2H3. The highest BCUT2D eigenvalue weighted by Gasteiger charge is 2.26. The van der Waals surface area contributed by atoms with Crippen molar-refractivity contribution in [2.24, 2.45) is 0 Å². The normalized spacial score (nSPS) is 14.6. The zero-order valence-electron chi connectivity index (χ0n) is 17.0. The van der Waals surface area contributed by atoms with Gasteiger partial charge in [0.25, 0.3) is 5.91 Å². The van der Waals surface area contributed by atoms with E-state index >= 15 is 0 Å². The molecular weight excluding hydrogens is 410 g/mol. The van der Waals surface area contributed by atoms with Crippen LogP contribution in [0.15, 0.2) is 39.8 Å². The van der Waals surface area contributed by atoms with Crippen LogP contribution in [0.3, 0.4) is 0 Å². The van der Waals surface area contributed by atoms with E-state index in [1.54, 1.807) is 34.9 Å². The SMILES string of the molecule is Cc1cc(C(=O)N2CCN(C(=O)CCCOc3ccc(S(C)(=O)=O)cc3)CC2)on1. The predicted molar refractivity (Wildman–Crippen MR) is 108 cm³/mol. The molecule has 3 rings (SSSR count). The summed E-state index contributed by atoms with van der Waals surface area (Å²) in [6, 6.07) is 7.80. The van der Waals surface area contributed by atoms with Crippen molar-refractivity contribution >= 4 is 21.7 Å². The van der Waals surface area contributed by atoms with Crippen molar-refractivity contribution in [1.82, 2.24) is 15.0 Å². The lowest BCUT2D eigenvalue weighted by Crippen LogP contribution is -2.50. The molecule has 0 N–H and O–H groups in total. The van der Waals surface area contributed by atoms with E-state index in [4.69, 9.17) is 9.26 Å². The highest BCUT2D eigenvalue weighted by molar-refractivity contribution is 7.90. The molecule has 1 aromatic heterocycles. The van der Waals surface area contributed by atoms with Gasteiger partial charge in [-0.05, 0) is 37.6 Å². The Bertz CT molecular complexity index is 992. The number of carbonyl (C=O) groups is 2. The van der Waals surface area contributed by atoms with E-state index in [0.717, 1.165) is 6.26 Å². The van der Waals surface area contributed by atoms with Crippen molar-refractivity contribution in [2.45, 2.75) is 24.7 Å². The molecule has 0 aliphatic carbocycles. The average Bonchev–Trinajstić information content (AvgIpc) is 3.16. The van der Waals surface area contributed by atoms with Gasteiger partial charge in [-0.25, -0.2) is 8.42 Å². The van der Waals surface area contributed by atoms with Gasteiger partial charge in [0.15, 0.2) is 9.84 Å². The summed E-state index contributed by atoms with van der Waals surface area (Å²) in [5.41, 5.74) is 0.653. The molecule has 10 heteroatoms. The summed E-state index contributed by atoms with van der Waals surface area (Å²) >= 11 is 0. The zero-order valence-corrected chi connectivity index (χ0v) is 17.9. The Morgan fingerprint density at radius 2 is 1.73 bits per heavy atom. The van der Waals surface area contributed by atoms with Crippen LogP contribution in [0, 0.1) is 6.92 Å². The summed E-state index contributed by atoms with van der Waals surface area (Å²) in [5, 5.41) is 3.73. The fraction of sp³-hybridized carbons (Fsp3) is 0.450. The van der Waals surface area contributed by atoms with E-state index in [1.165, 1.54) is 12.1 Å². The van der Waals surface area contributed by atoms with Gasteiger partial charge in [-0.15, -0.1) is 0 Å². The minimum atomic E-state index is -3.23. The highest BCUT2D eigenvalue weighted by atomic mass is 32.2. The molecule has 30 heavy (non-hydrogen) atoms. The maximum absolute atomic E-state index is 12.4. The lowest BCUT2D eigenvalue weighted by molar-refractivity contribution is -0.132. The van der Waals surface area contributed by atoms with Gasteiger partial charge < -0.3 is 19.1 Å². The summed E-state index contributed by atoms with van der Waals surface area (Å²) in [6.45, 7) is 3.97. The third-order valence-electron chi connectivity index (χ3n) is 4.81. The van der Waals surface area contributed by atoms with Crippen molar-refractivity contribution in [1.29, 1.82) is 0 Å². The molecule has 1 aliphatic rings. The van der Waals surface area contributed by atoms with Crippen molar-refractivity contribution < 1.29 is 27.3 Å². The molecule has 1 saturated heterocycles. The molecule has 0 unspecified atom stereocenters. The van der Waals surface area contributed by atoms with Crippen LogP contribution in [0.4, 0.5) is 0 Å². The van der Waals surface area contributed by atoms with Crippen LogP contribution in [0.5, 0.6) is 5.75 Å². The second-order valence-electron chi connectivity index (χ2n) is 7.20. The van der Waals surface area contributed by atoms with Gasteiger partial charge in [0, 0.05) is 44.9 Å². The number of nitrogens with zero attached hydrogens (tertiary/aromatic N) is 3. The van der Waals surface area contributed by atoms with Crippen LogP contribution in [-0.2, 0) is 14.6 Å². The average molecular weight is 436 g/mol. The molecule has 2 aromatic rings. The van der Waals surface area contributed by atoms with E-state index in [-0.39, 0.29) is 22.5 Å². The Balaban J connectivity index is 1.37. The summed E-state index contributed by atoms with van der Waals surface area (Å²) in [4.78, 5) is 28.4. The Labute approximate surface area is 175 Å². The van der Waals surface area contributed by atoms with E-state index < -0.39 is 9.84 Å². The molecule has 0 saturated carbocycles. The first-order valence-electron chi connectivity index (χ1n) is 9.67. The maximum atomic E-state index is 12.4. The smallest absolute Gasteiger partial charge is 0.292 e. The third-order valence-corrected chi connectivity index (χ3v) is 5.94. The van der Waals surface area contributed by atoms with Crippen LogP contribution < -0.4 is 4.74 Å². The van der Waals surface area contributed by atoms with Crippen LogP contribution in [-0.4, -0.2) is 74.2 Å². The van der Waals surface area contributed by atoms with E-state index in [1.807, 2.05) is 0 Å². The first-order chi connectivity index (χ1) is 14.2. The van der Waals surface area contributed by atoms with Crippen LogP contribution >= 0.6 is 0 Å². The molecule has 0 atom stereocenters. The lowest BCUT2D eigenvalue weighted by Gasteiger charge is -2.34. The molecular formula is C20H25N3O6S. The van der Waals surface area contributed by atoms with E-state index in [2.05, 4.69) is 5.16 Å². The molecule has 2 heterocycles. The summed E-state index contributed by atoms with van der Waals surface area (Å²) in [5.74, 6) is 0.588. The molecule has 1 aliphatic heterocycles. The number of benzene rings is 1. The van der Waals surface area contributed by atoms with Crippen molar-refractivity contribution in [2.75, 3.05) is 39.0 Å². The molecule has 0 spiro atoms. The third kappa shape index (κ3) is 5.59. The number of piperazine rings is 1. The van der Waals surface area contributed by atoms with Crippen LogP contribution in [0.2, 0.25) is 0 Å². The predicted octanol–water partition coefficient (Wildman–Crippen LogP) is 1.53. The number of aromatic nitrogens is 1. The first kappa shape index (κ1) is 21.8.